The number of nitrogens with one attached hydrogen (secondary N) is 1. The number of fused-ring (bicyclic) bond motifs is 12. The average Bonchev–Trinajstić information content (AvgIpc) is 1.66. The quantitative estimate of drug-likeness (QED) is 0.0297. The second-order valence-electron chi connectivity index (χ2n) is 33.7. The zero-order valence-corrected chi connectivity index (χ0v) is 72.0. The number of benzene rings is 4. The summed E-state index contributed by atoms with van der Waals surface area (Å²) in [6, 6.07) is 8.52. The van der Waals surface area contributed by atoms with Crippen molar-refractivity contribution in [1.82, 2.24) is 24.9 Å². The van der Waals surface area contributed by atoms with Crippen molar-refractivity contribution >= 4 is 87.8 Å². The number of rotatable bonds is 26. The molecule has 0 spiro atoms. The molecule has 6 unspecified atom stereocenters. The number of piperidine rings is 1. The van der Waals surface area contributed by atoms with Crippen LogP contribution >= 0.6 is 23.5 Å². The lowest BCUT2D eigenvalue weighted by Gasteiger charge is -2.43. The van der Waals surface area contributed by atoms with E-state index in [0.29, 0.717) is 45.3 Å². The summed E-state index contributed by atoms with van der Waals surface area (Å²) < 4.78 is 84.2. The van der Waals surface area contributed by atoms with Gasteiger partial charge in [-0.2, -0.15) is 23.5 Å². The van der Waals surface area contributed by atoms with Gasteiger partial charge in [0.15, 0.2) is 54.5 Å². The molecule has 125 heavy (non-hydrogen) atoms. The van der Waals surface area contributed by atoms with Crippen molar-refractivity contribution in [2.75, 3.05) is 100 Å². The number of carbonyl (C=O) groups excluding carboxylic acids is 11. The second kappa shape index (κ2) is 36.6. The Morgan fingerprint density at radius 3 is 1.64 bits per heavy atom. The van der Waals surface area contributed by atoms with E-state index in [0.717, 1.165) is 24.3 Å². The number of carbonyl (C=O) groups is 11. The third kappa shape index (κ3) is 16.5. The number of aliphatic hydroxyl groups is 2. The Kier molecular flexibility index (Phi) is 26.3. The van der Waals surface area contributed by atoms with E-state index in [9.17, 15) is 83.4 Å². The SMILES string of the molecule is COc1cccc2c1C(=O)c1c(O)c3c(c(O)c1C2=O)C[C@@](O)(C(=O)COC1CCCC(COCC(=O)CCCN2C(=O)CC(SC)C2=O)O1)C[C@@H]3O[C@H]1CC2[C@H](O[C@@H]3[C@@H](OC)OCCN23)[C@H](C)O1.COc1cccc2c1C(=O)c1c(O)c3c(c(O)c1C2=O)C[C@@](O)(C(=O)NCCN1C(=O)CC(SC)C1=O)C[C@@H]3O[C@H]1CC2[C@H](O[C@@H]3[C@@H](OC)CCCN23)[C@H](C)O1. The summed E-state index contributed by atoms with van der Waals surface area (Å²) in [5.41, 5.74) is -7.15. The number of aromatic hydroxyl groups is 4. The number of thioether (sulfide) groups is 2. The van der Waals surface area contributed by atoms with Gasteiger partial charge in [0.05, 0.1) is 108 Å². The van der Waals surface area contributed by atoms with E-state index in [4.69, 9.17) is 66.3 Å². The topological polar surface area (TPSA) is 463 Å². The summed E-state index contributed by atoms with van der Waals surface area (Å²) in [6.07, 6.45) is -3.06. The van der Waals surface area contributed by atoms with Gasteiger partial charge in [0.2, 0.25) is 35.2 Å². The third-order valence-corrected chi connectivity index (χ3v) is 28.3. The number of likely N-dealkylation sites (tertiary alicyclic amines) is 2. The van der Waals surface area contributed by atoms with Crippen LogP contribution in [0.15, 0.2) is 36.4 Å². The van der Waals surface area contributed by atoms with Crippen LogP contribution in [0.1, 0.15) is 195 Å². The van der Waals surface area contributed by atoms with Crippen molar-refractivity contribution in [2.24, 2.45) is 0 Å². The van der Waals surface area contributed by atoms with Crippen LogP contribution in [0.4, 0.5) is 0 Å². The normalized spacial score (nSPS) is 32.2. The fraction of sp³-hybridized carbons (Fsp3) is 0.598. The molecule has 0 saturated carbocycles. The van der Waals surface area contributed by atoms with Crippen LogP contribution in [0.2, 0.25) is 0 Å². The maximum Gasteiger partial charge on any atom is 0.252 e. The lowest BCUT2D eigenvalue weighted by molar-refractivity contribution is -0.256. The first-order valence-corrected chi connectivity index (χ1v) is 44.8. The molecule has 38 heteroatoms. The number of hydrogen-bond donors (Lipinski definition) is 7. The molecule has 4 aromatic carbocycles. The Balaban J connectivity index is 0.000000188. The summed E-state index contributed by atoms with van der Waals surface area (Å²) in [5.74, 6) is -8.56. The van der Waals surface area contributed by atoms with Crippen molar-refractivity contribution in [2.45, 2.75) is 230 Å². The molecule has 9 saturated heterocycles. The number of nitrogens with zero attached hydrogens (tertiary/aromatic N) is 4. The number of Topliss-reactive ketones (excluding diaryl/α,β-unsaturated/α-hetero) is 2. The first-order valence-electron chi connectivity index (χ1n) is 42.2. The Bertz CT molecular complexity index is 4990. The van der Waals surface area contributed by atoms with Gasteiger partial charge in [-0.1, -0.05) is 24.3 Å². The molecule has 9 fully saturated rings. The summed E-state index contributed by atoms with van der Waals surface area (Å²) >= 11 is 2.60. The smallest absolute Gasteiger partial charge is 0.252 e. The minimum Gasteiger partial charge on any atom is -0.507 e. The molecule has 0 radical (unpaired) electrons. The highest BCUT2D eigenvalue weighted by atomic mass is 32.2. The van der Waals surface area contributed by atoms with E-state index < -0.39 is 191 Å². The molecule has 0 bridgehead atoms. The van der Waals surface area contributed by atoms with E-state index in [-0.39, 0.29) is 186 Å². The van der Waals surface area contributed by atoms with Crippen LogP contribution in [0.25, 0.3) is 0 Å². The number of amides is 5. The van der Waals surface area contributed by atoms with Gasteiger partial charge in [0.25, 0.3) is 5.91 Å². The number of ether oxygens (including phenoxy) is 14. The van der Waals surface area contributed by atoms with Crippen LogP contribution in [0, 0.1) is 0 Å². The minimum atomic E-state index is -2.29. The predicted octanol–water partition coefficient (Wildman–Crippen LogP) is 4.05. The van der Waals surface area contributed by atoms with E-state index in [1.807, 2.05) is 13.8 Å². The van der Waals surface area contributed by atoms with E-state index in [2.05, 4.69) is 15.1 Å². The molecule has 5 amide bonds. The highest BCUT2D eigenvalue weighted by Gasteiger charge is 2.59. The van der Waals surface area contributed by atoms with Crippen LogP contribution < -0.4 is 14.8 Å². The molecule has 9 aliphatic heterocycles. The average molecular weight is 1780 g/mol. The number of phenols is 4. The predicted molar refractivity (Wildman–Crippen MR) is 435 cm³/mol. The number of phenolic OH excluding ortho intramolecular Hbond substituents is 4. The highest BCUT2D eigenvalue weighted by Crippen LogP contribution is 2.56. The van der Waals surface area contributed by atoms with Crippen LogP contribution in [-0.4, -0.2) is 323 Å². The molecule has 9 heterocycles. The van der Waals surface area contributed by atoms with Crippen molar-refractivity contribution in [3.63, 3.8) is 0 Å². The molecule has 0 aromatic heterocycles. The maximum absolute atomic E-state index is 14.3. The van der Waals surface area contributed by atoms with Gasteiger partial charge in [-0.05, 0) is 77.0 Å². The molecule has 7 N–H and O–H groups in total. The summed E-state index contributed by atoms with van der Waals surface area (Å²) in [7, 11) is 5.88. The van der Waals surface area contributed by atoms with Gasteiger partial charge in [0.1, 0.15) is 77.3 Å². The van der Waals surface area contributed by atoms with Gasteiger partial charge < -0.3 is 102 Å². The first kappa shape index (κ1) is 89.9. The highest BCUT2D eigenvalue weighted by molar-refractivity contribution is 8.00. The molecule has 674 valence electrons. The van der Waals surface area contributed by atoms with Crippen molar-refractivity contribution in [3.8, 4) is 34.5 Å². The van der Waals surface area contributed by atoms with E-state index in [1.165, 1.54) is 86.2 Å². The first-order chi connectivity index (χ1) is 60.0. The third-order valence-electron chi connectivity index (χ3n) is 26.4. The van der Waals surface area contributed by atoms with Crippen LogP contribution in [0.5, 0.6) is 34.5 Å². The second-order valence-corrected chi connectivity index (χ2v) is 35.8. The number of methoxy groups -OCH3 is 4. The zero-order chi connectivity index (χ0) is 88.7. The van der Waals surface area contributed by atoms with Crippen molar-refractivity contribution in [3.05, 3.63) is 103 Å². The van der Waals surface area contributed by atoms with Gasteiger partial charge in [-0.3, -0.25) is 72.3 Å². The molecule has 36 nitrogen and oxygen atoms in total. The Morgan fingerprint density at radius 2 is 1.10 bits per heavy atom. The van der Waals surface area contributed by atoms with Gasteiger partial charge >= 0.3 is 0 Å². The Hall–Kier alpha value is -8.49. The molecule has 4 aliphatic carbocycles. The number of imide groups is 2. The fourth-order valence-electron chi connectivity index (χ4n) is 20.2. The molecule has 20 atom stereocenters. The zero-order valence-electron chi connectivity index (χ0n) is 70.3. The van der Waals surface area contributed by atoms with Crippen molar-refractivity contribution < 1.29 is 150 Å². The molecule has 4 aromatic rings. The van der Waals surface area contributed by atoms with Gasteiger partial charge in [-0.15, -0.1) is 0 Å². The number of morpholine rings is 1. The summed E-state index contributed by atoms with van der Waals surface area (Å²) in [4.78, 5) is 154. The van der Waals surface area contributed by atoms with Crippen LogP contribution in [0.3, 0.4) is 0 Å². The van der Waals surface area contributed by atoms with Gasteiger partial charge in [-0.25, -0.2) is 0 Å². The lowest BCUT2D eigenvalue weighted by Crippen LogP contribution is -2.55. The Labute approximate surface area is 726 Å². The molecular formula is C87H103N5O31S2. The maximum atomic E-state index is 14.3. The Morgan fingerprint density at radius 1 is 0.576 bits per heavy atom. The lowest BCUT2D eigenvalue weighted by atomic mass is 9.72. The minimum absolute atomic E-state index is 0.0486. The van der Waals surface area contributed by atoms with Gasteiger partial charge in [0, 0.05) is 150 Å². The fourth-order valence-corrected chi connectivity index (χ4v) is 21.5. The molecular weight excluding hydrogens is 1680 g/mol. The summed E-state index contributed by atoms with van der Waals surface area (Å²) in [6.45, 7) is 4.52. The number of hydrogen-bond acceptors (Lipinski definition) is 35. The van der Waals surface area contributed by atoms with E-state index in [1.54, 1.807) is 19.6 Å². The largest absolute Gasteiger partial charge is 0.507 e. The summed E-state index contributed by atoms with van der Waals surface area (Å²) in [5, 5.41) is 74.4. The number of ketones is 6. The van der Waals surface area contributed by atoms with Crippen LogP contribution in [-0.2, 0) is 103 Å². The van der Waals surface area contributed by atoms with Crippen molar-refractivity contribution in [1.29, 1.82) is 0 Å². The monoisotopic (exact) mass is 1780 g/mol. The van der Waals surface area contributed by atoms with E-state index >= 15 is 0 Å². The molecule has 13 aliphatic rings. The molecule has 17 rings (SSSR count). The standard InChI is InChI=1S/C48H58N2O18S.C39H45N3O13S/c1-23-44-28(49-14-15-63-47(61-3)46(49)68-44)16-35(65-23)67-30-19-48(59,18-27-37(30)43(57)39-38(41(27)55)40(54)26-10-6-11-29(60-2)36(26)42(39)56)32(52)22-64-34-12-5-9-25(66-34)21-62-20-24(51)8-7-13-50-33(53)17-31(69-4)45(50)58;1-17-35-20(41-11-6-9-22(52-3)37(41)55-35)13-26(53-17)54-23-16-39(50,38(49)40-10-12-42-25(43)14-24(56-4)36(42)48)15-19-28(23)34(47)30-29(32(19)45)31(44)18-7-5-8-21(51-2)27(18)33(30)46/h6,10-11,23,25,28,30-31,34-35,44,46-47,55,57,59H,5,7-9,12-22H2,1-4H3;5,7-8,17,20,22-24,26,35,37,45,47,50H,6,9-16H2,1-4H3,(H,40,49)/t23-,25?,28?,30-,31?,34?,35-,44+,46+,47-,48-;17-,20?,22-,23-,24?,26-,35+,37+,39-/m00/s1.